The van der Waals surface area contributed by atoms with Crippen LogP contribution in [0.5, 0.6) is 0 Å². The van der Waals surface area contributed by atoms with Gasteiger partial charge in [-0.2, -0.15) is 0 Å². The average molecular weight is 238 g/mol. The van der Waals surface area contributed by atoms with E-state index in [4.69, 9.17) is 0 Å². The van der Waals surface area contributed by atoms with Gasteiger partial charge in [-0.3, -0.25) is 0 Å². The molecule has 2 heteroatoms. The van der Waals surface area contributed by atoms with Gasteiger partial charge in [0.05, 0.1) is 0 Å². The van der Waals surface area contributed by atoms with E-state index in [1.807, 2.05) is 0 Å². The van der Waals surface area contributed by atoms with E-state index in [2.05, 4.69) is 24.1 Å². The lowest BCUT2D eigenvalue weighted by atomic mass is 9.89. The standard InChI is InChI=1S/C15H30N2/c1-3-5-14-6-4-10-17(11-7-14)13-15(2)8-9-16-12-15/h14,16H,3-13H2,1-2H3. The molecule has 2 atom stereocenters. The maximum Gasteiger partial charge on any atom is 0.00480 e. The molecule has 2 aliphatic rings. The molecule has 2 nitrogen and oxygen atoms in total. The van der Waals surface area contributed by atoms with Gasteiger partial charge in [0.25, 0.3) is 0 Å². The molecule has 0 amide bonds. The van der Waals surface area contributed by atoms with Crippen LogP contribution in [0.1, 0.15) is 52.4 Å². The molecule has 2 fully saturated rings. The van der Waals surface area contributed by atoms with Crippen molar-refractivity contribution in [3.63, 3.8) is 0 Å². The molecule has 0 spiro atoms. The molecule has 0 aromatic carbocycles. The number of rotatable bonds is 4. The fourth-order valence-corrected chi connectivity index (χ4v) is 3.62. The summed E-state index contributed by atoms with van der Waals surface area (Å²) in [6.45, 7) is 11.2. The Morgan fingerprint density at radius 2 is 2.18 bits per heavy atom. The normalized spacial score (nSPS) is 36.0. The van der Waals surface area contributed by atoms with E-state index in [0.717, 1.165) is 5.92 Å². The van der Waals surface area contributed by atoms with Gasteiger partial charge in [-0.05, 0) is 56.7 Å². The Hall–Kier alpha value is -0.0800. The molecule has 0 aromatic heterocycles. The van der Waals surface area contributed by atoms with Crippen LogP contribution in [0.25, 0.3) is 0 Å². The van der Waals surface area contributed by atoms with E-state index < -0.39 is 0 Å². The first-order valence-electron chi connectivity index (χ1n) is 7.65. The summed E-state index contributed by atoms with van der Waals surface area (Å²) in [7, 11) is 0. The number of hydrogen-bond acceptors (Lipinski definition) is 2. The fourth-order valence-electron chi connectivity index (χ4n) is 3.62. The molecule has 0 aliphatic carbocycles. The molecule has 1 N–H and O–H groups in total. The van der Waals surface area contributed by atoms with Crippen molar-refractivity contribution >= 4 is 0 Å². The van der Waals surface area contributed by atoms with Crippen molar-refractivity contribution in [3.05, 3.63) is 0 Å². The van der Waals surface area contributed by atoms with Gasteiger partial charge in [-0.25, -0.2) is 0 Å². The molecule has 2 heterocycles. The highest BCUT2D eigenvalue weighted by atomic mass is 15.1. The Labute approximate surface area is 107 Å². The molecule has 2 aliphatic heterocycles. The maximum atomic E-state index is 3.52. The summed E-state index contributed by atoms with van der Waals surface area (Å²) >= 11 is 0. The Morgan fingerprint density at radius 3 is 2.88 bits per heavy atom. The lowest BCUT2D eigenvalue weighted by Gasteiger charge is -2.31. The third kappa shape index (κ3) is 3.96. The molecule has 0 radical (unpaired) electrons. The topological polar surface area (TPSA) is 15.3 Å². The van der Waals surface area contributed by atoms with Crippen LogP contribution in [0.15, 0.2) is 0 Å². The minimum Gasteiger partial charge on any atom is -0.316 e. The van der Waals surface area contributed by atoms with E-state index in [1.165, 1.54) is 71.2 Å². The fraction of sp³-hybridized carbons (Fsp3) is 1.00. The molecule has 2 unspecified atom stereocenters. The van der Waals surface area contributed by atoms with Gasteiger partial charge in [-0.15, -0.1) is 0 Å². The minimum atomic E-state index is 0.546. The molecule has 100 valence electrons. The van der Waals surface area contributed by atoms with Crippen LogP contribution in [0.3, 0.4) is 0 Å². The summed E-state index contributed by atoms with van der Waals surface area (Å²) < 4.78 is 0. The van der Waals surface area contributed by atoms with Crippen molar-refractivity contribution < 1.29 is 0 Å². The molecule has 2 saturated heterocycles. The van der Waals surface area contributed by atoms with Gasteiger partial charge in [0.15, 0.2) is 0 Å². The Morgan fingerprint density at radius 1 is 1.29 bits per heavy atom. The van der Waals surface area contributed by atoms with Crippen LogP contribution >= 0.6 is 0 Å². The number of likely N-dealkylation sites (tertiary alicyclic amines) is 1. The average Bonchev–Trinajstić information content (AvgIpc) is 2.60. The van der Waals surface area contributed by atoms with Gasteiger partial charge in [0.1, 0.15) is 0 Å². The molecule has 17 heavy (non-hydrogen) atoms. The highest BCUT2D eigenvalue weighted by molar-refractivity contribution is 4.87. The lowest BCUT2D eigenvalue weighted by Crippen LogP contribution is -2.38. The first-order valence-corrected chi connectivity index (χ1v) is 7.65. The predicted molar refractivity (Wildman–Crippen MR) is 74.3 cm³/mol. The van der Waals surface area contributed by atoms with Gasteiger partial charge in [0.2, 0.25) is 0 Å². The van der Waals surface area contributed by atoms with Crippen molar-refractivity contribution in [1.29, 1.82) is 0 Å². The third-order valence-corrected chi connectivity index (χ3v) is 4.70. The third-order valence-electron chi connectivity index (χ3n) is 4.70. The Bertz CT molecular complexity index is 221. The zero-order valence-corrected chi connectivity index (χ0v) is 11.8. The van der Waals surface area contributed by atoms with Crippen molar-refractivity contribution in [2.24, 2.45) is 11.3 Å². The highest BCUT2D eigenvalue weighted by Crippen LogP contribution is 2.28. The second kappa shape index (κ2) is 6.19. The molecule has 2 rings (SSSR count). The second-order valence-corrected chi connectivity index (χ2v) is 6.60. The van der Waals surface area contributed by atoms with Crippen molar-refractivity contribution in [2.45, 2.75) is 52.4 Å². The van der Waals surface area contributed by atoms with E-state index in [-0.39, 0.29) is 0 Å². The summed E-state index contributed by atoms with van der Waals surface area (Å²) in [4.78, 5) is 2.74. The summed E-state index contributed by atoms with van der Waals surface area (Å²) in [6.07, 6.45) is 8.52. The Kier molecular flexibility index (Phi) is 4.87. The first-order chi connectivity index (χ1) is 8.22. The van der Waals surface area contributed by atoms with Crippen LogP contribution in [0.2, 0.25) is 0 Å². The maximum absolute atomic E-state index is 3.52. The zero-order chi connectivity index (χ0) is 12.1. The van der Waals surface area contributed by atoms with Gasteiger partial charge in [0, 0.05) is 13.1 Å². The molecular weight excluding hydrogens is 208 g/mol. The summed E-state index contributed by atoms with van der Waals surface area (Å²) in [5.74, 6) is 1.01. The minimum absolute atomic E-state index is 0.546. The zero-order valence-electron chi connectivity index (χ0n) is 11.8. The van der Waals surface area contributed by atoms with Gasteiger partial charge < -0.3 is 10.2 Å². The second-order valence-electron chi connectivity index (χ2n) is 6.60. The number of nitrogens with one attached hydrogen (secondary N) is 1. The van der Waals surface area contributed by atoms with Crippen LogP contribution in [0, 0.1) is 11.3 Å². The van der Waals surface area contributed by atoms with E-state index in [9.17, 15) is 0 Å². The smallest absolute Gasteiger partial charge is 0.00480 e. The lowest BCUT2D eigenvalue weighted by molar-refractivity contribution is 0.181. The first kappa shape index (κ1) is 13.4. The molecule has 0 aromatic rings. The largest absolute Gasteiger partial charge is 0.316 e. The van der Waals surface area contributed by atoms with Crippen molar-refractivity contribution in [1.82, 2.24) is 10.2 Å². The summed E-state index contributed by atoms with van der Waals surface area (Å²) in [5.41, 5.74) is 0.546. The van der Waals surface area contributed by atoms with E-state index in [1.54, 1.807) is 0 Å². The monoisotopic (exact) mass is 238 g/mol. The Balaban J connectivity index is 1.78. The molecule has 0 bridgehead atoms. The summed E-state index contributed by atoms with van der Waals surface area (Å²) in [5, 5.41) is 3.52. The van der Waals surface area contributed by atoms with E-state index >= 15 is 0 Å². The summed E-state index contributed by atoms with van der Waals surface area (Å²) in [6, 6.07) is 0. The van der Waals surface area contributed by atoms with Crippen molar-refractivity contribution in [3.8, 4) is 0 Å². The van der Waals surface area contributed by atoms with Gasteiger partial charge in [-0.1, -0.05) is 26.7 Å². The number of hydrogen-bond donors (Lipinski definition) is 1. The van der Waals surface area contributed by atoms with Crippen molar-refractivity contribution in [2.75, 3.05) is 32.7 Å². The van der Waals surface area contributed by atoms with Gasteiger partial charge >= 0.3 is 0 Å². The SMILES string of the molecule is CCCC1CCCN(CC2(C)CCNC2)CC1. The van der Waals surface area contributed by atoms with Crippen LogP contribution in [-0.4, -0.2) is 37.6 Å². The number of nitrogens with zero attached hydrogens (tertiary/aromatic N) is 1. The quantitative estimate of drug-likeness (QED) is 0.810. The predicted octanol–water partition coefficient (Wildman–Crippen LogP) is 2.89. The van der Waals surface area contributed by atoms with E-state index in [0.29, 0.717) is 5.41 Å². The van der Waals surface area contributed by atoms with Crippen LogP contribution in [-0.2, 0) is 0 Å². The van der Waals surface area contributed by atoms with Crippen LogP contribution in [0.4, 0.5) is 0 Å². The highest BCUT2D eigenvalue weighted by Gasteiger charge is 2.31. The molecule has 0 saturated carbocycles. The van der Waals surface area contributed by atoms with Crippen LogP contribution < -0.4 is 5.32 Å². The molecular formula is C15H30N2.